The average Bonchev–Trinajstić information content (AvgIpc) is 3.69. The Balaban J connectivity index is 0.000000154. The highest BCUT2D eigenvalue weighted by molar-refractivity contribution is 5.59. The molecule has 0 amide bonds. The second-order valence-corrected chi connectivity index (χ2v) is 13.6. The third-order valence-electron chi connectivity index (χ3n) is 7.92. The van der Waals surface area contributed by atoms with Crippen molar-refractivity contribution in [2.24, 2.45) is 0 Å². The van der Waals surface area contributed by atoms with Gasteiger partial charge < -0.3 is 0 Å². The minimum atomic E-state index is 0.448. The lowest BCUT2D eigenvalue weighted by atomic mass is 9.96. The largest absolute Gasteiger partial charge is 0.240 e. The first-order chi connectivity index (χ1) is 21.3. The maximum atomic E-state index is 4.65. The van der Waals surface area contributed by atoms with Gasteiger partial charge in [0.05, 0.1) is 28.1 Å². The Bertz CT molecular complexity index is 1620. The highest BCUT2D eigenvalue weighted by atomic mass is 15.4. The number of aromatic nitrogens is 8. The first-order valence-electron chi connectivity index (χ1n) is 16.5. The van der Waals surface area contributed by atoms with Crippen LogP contribution >= 0.6 is 0 Å². The lowest BCUT2D eigenvalue weighted by Crippen LogP contribution is -1.96. The smallest absolute Gasteiger partial charge is 0.158 e. The van der Waals surface area contributed by atoms with E-state index in [-0.39, 0.29) is 0 Å². The van der Waals surface area contributed by atoms with Gasteiger partial charge in [-0.15, -0.1) is 0 Å². The van der Waals surface area contributed by atoms with Crippen molar-refractivity contribution in [3.8, 4) is 0 Å². The van der Waals surface area contributed by atoms with E-state index in [4.69, 9.17) is 0 Å². The fourth-order valence-electron chi connectivity index (χ4n) is 5.90. The monoisotopic (exact) mass is 608 g/mol. The molecule has 0 atom stereocenters. The van der Waals surface area contributed by atoms with Crippen LogP contribution in [0.5, 0.6) is 0 Å². The molecule has 240 valence electrons. The number of fused-ring (bicyclic) bond motifs is 3. The molecule has 0 bridgehead atoms. The van der Waals surface area contributed by atoms with Crippen molar-refractivity contribution in [3.05, 3.63) is 95.0 Å². The Morgan fingerprint density at radius 1 is 0.467 bits per heavy atom. The zero-order chi connectivity index (χ0) is 33.0. The zero-order valence-corrected chi connectivity index (χ0v) is 29.3. The van der Waals surface area contributed by atoms with Crippen molar-refractivity contribution < 1.29 is 0 Å². The van der Waals surface area contributed by atoms with Crippen LogP contribution in [0.4, 0.5) is 0 Å². The molecule has 6 rings (SSSR count). The van der Waals surface area contributed by atoms with E-state index in [1.165, 1.54) is 39.3 Å². The van der Waals surface area contributed by atoms with Crippen molar-refractivity contribution in [1.29, 1.82) is 0 Å². The number of hydrogen-bond acceptors (Lipinski definition) is 5. The molecular weight excluding hydrogens is 556 g/mol. The van der Waals surface area contributed by atoms with E-state index in [1.807, 2.05) is 45.8 Å². The summed E-state index contributed by atoms with van der Waals surface area (Å²) in [4.78, 5) is 4.41. The second-order valence-electron chi connectivity index (χ2n) is 13.6. The van der Waals surface area contributed by atoms with Crippen LogP contribution in [-0.2, 0) is 0 Å². The van der Waals surface area contributed by atoms with Crippen LogP contribution < -0.4 is 0 Å². The van der Waals surface area contributed by atoms with Crippen molar-refractivity contribution in [2.75, 3.05) is 0 Å². The fraction of sp³-hybridized carbons (Fsp3) is 0.486. The van der Waals surface area contributed by atoms with Gasteiger partial charge in [0.1, 0.15) is 0 Å². The minimum absolute atomic E-state index is 0.448. The molecule has 0 saturated carbocycles. The van der Waals surface area contributed by atoms with Gasteiger partial charge in [0.2, 0.25) is 0 Å². The lowest BCUT2D eigenvalue weighted by Gasteiger charge is -2.08. The molecular formula is C37H52N8. The third kappa shape index (κ3) is 7.26. The molecule has 0 N–H and O–H groups in total. The van der Waals surface area contributed by atoms with Gasteiger partial charge in [0.15, 0.2) is 5.65 Å². The molecule has 0 saturated heterocycles. The first kappa shape index (κ1) is 33.8. The summed E-state index contributed by atoms with van der Waals surface area (Å²) in [5.41, 5.74) is 11.0. The van der Waals surface area contributed by atoms with Crippen molar-refractivity contribution in [2.45, 2.75) is 119 Å². The molecule has 0 aliphatic heterocycles. The second kappa shape index (κ2) is 14.4. The van der Waals surface area contributed by atoms with Gasteiger partial charge in [0.25, 0.3) is 0 Å². The molecule has 0 unspecified atom stereocenters. The van der Waals surface area contributed by atoms with Crippen LogP contribution in [0.15, 0.2) is 61.2 Å². The summed E-state index contributed by atoms with van der Waals surface area (Å²) in [6.45, 7) is 26.4. The van der Waals surface area contributed by atoms with E-state index in [9.17, 15) is 0 Å². The van der Waals surface area contributed by atoms with E-state index < -0.39 is 0 Å². The average molecular weight is 609 g/mol. The summed E-state index contributed by atoms with van der Waals surface area (Å²) in [5.74, 6) is 2.87. The van der Waals surface area contributed by atoms with Gasteiger partial charge >= 0.3 is 0 Å². The quantitative estimate of drug-likeness (QED) is 0.188. The fourth-order valence-corrected chi connectivity index (χ4v) is 5.90. The van der Waals surface area contributed by atoms with Gasteiger partial charge in [-0.3, -0.25) is 0 Å². The molecule has 6 aromatic rings. The predicted octanol–water partition coefficient (Wildman–Crippen LogP) is 9.53. The number of hydrogen-bond donors (Lipinski definition) is 0. The lowest BCUT2D eigenvalue weighted by molar-refractivity contribution is 0.723. The molecule has 8 nitrogen and oxygen atoms in total. The molecule has 0 aliphatic rings. The minimum Gasteiger partial charge on any atom is -0.240 e. The zero-order valence-electron chi connectivity index (χ0n) is 29.3. The number of rotatable bonds is 6. The normalized spacial score (nSPS) is 11.9. The summed E-state index contributed by atoms with van der Waals surface area (Å²) >= 11 is 0. The molecule has 45 heavy (non-hydrogen) atoms. The van der Waals surface area contributed by atoms with Gasteiger partial charge in [-0.1, -0.05) is 89.2 Å². The van der Waals surface area contributed by atoms with Crippen LogP contribution in [0, 0.1) is 0 Å². The molecule has 0 spiro atoms. The van der Waals surface area contributed by atoms with Crippen LogP contribution in [-0.4, -0.2) is 39.0 Å². The molecule has 0 aliphatic carbocycles. The van der Waals surface area contributed by atoms with E-state index in [0.29, 0.717) is 35.5 Å². The maximum absolute atomic E-state index is 4.65. The van der Waals surface area contributed by atoms with E-state index >= 15 is 0 Å². The van der Waals surface area contributed by atoms with Crippen molar-refractivity contribution >= 4 is 16.7 Å². The van der Waals surface area contributed by atoms with Crippen molar-refractivity contribution in [1.82, 2.24) is 39.0 Å². The van der Waals surface area contributed by atoms with E-state index in [0.717, 1.165) is 11.2 Å². The molecule has 0 aromatic carbocycles. The molecule has 8 heteroatoms. The maximum Gasteiger partial charge on any atom is 0.158 e. The topological polar surface area (TPSA) is 77.7 Å². The molecule has 6 heterocycles. The van der Waals surface area contributed by atoms with Crippen LogP contribution in [0.1, 0.15) is 152 Å². The number of pyridine rings is 1. The Kier molecular flexibility index (Phi) is 10.8. The highest BCUT2D eigenvalue weighted by Gasteiger charge is 2.20. The Labute approximate surface area is 268 Å². The first-order valence-corrected chi connectivity index (χ1v) is 16.5. The summed E-state index contributed by atoms with van der Waals surface area (Å²) in [7, 11) is 0. The summed E-state index contributed by atoms with van der Waals surface area (Å²) in [5, 5.41) is 18.0. The highest BCUT2D eigenvalue weighted by Crippen LogP contribution is 2.30. The SMILES string of the molecule is CC(C)c1nn2ccccc2c1C(C)C.CC(C)c1nn2cccnc2c1C(C)C.CC(C)c1nn2ncccc2c1C(C)C. The Morgan fingerprint density at radius 2 is 0.978 bits per heavy atom. The van der Waals surface area contributed by atoms with E-state index in [1.54, 1.807) is 10.8 Å². The van der Waals surface area contributed by atoms with Crippen LogP contribution in [0.3, 0.4) is 0 Å². The molecule has 0 fully saturated rings. The molecule has 0 radical (unpaired) electrons. The predicted molar refractivity (Wildman–Crippen MR) is 186 cm³/mol. The number of nitrogens with zero attached hydrogens (tertiary/aromatic N) is 8. The third-order valence-corrected chi connectivity index (χ3v) is 7.92. The van der Waals surface area contributed by atoms with Crippen LogP contribution in [0.2, 0.25) is 0 Å². The van der Waals surface area contributed by atoms with Gasteiger partial charge in [0, 0.05) is 41.5 Å². The summed E-state index contributed by atoms with van der Waals surface area (Å²) < 4.78 is 5.61. The Morgan fingerprint density at radius 3 is 1.58 bits per heavy atom. The van der Waals surface area contributed by atoms with Gasteiger partial charge in [-0.05, 0) is 65.8 Å². The summed E-state index contributed by atoms with van der Waals surface area (Å²) in [6.07, 6.45) is 7.58. The van der Waals surface area contributed by atoms with Crippen LogP contribution in [0.25, 0.3) is 16.7 Å². The Hall–Kier alpha value is -4.07. The van der Waals surface area contributed by atoms with Gasteiger partial charge in [-0.25, -0.2) is 14.0 Å². The van der Waals surface area contributed by atoms with E-state index in [2.05, 4.69) is 127 Å². The van der Waals surface area contributed by atoms with Gasteiger partial charge in [-0.2, -0.15) is 25.0 Å². The summed E-state index contributed by atoms with van der Waals surface area (Å²) in [6, 6.07) is 12.2. The van der Waals surface area contributed by atoms with Crippen molar-refractivity contribution in [3.63, 3.8) is 0 Å². The standard InChI is InChI=1S/C13H18N2.2C12H17N3/c1-9(2)12-11-7-5-6-8-15(11)14-13(12)10(3)4;1-8(2)10-11(9(3)4)14-15-7-5-6-13-12(10)15;1-8(2)11-10-6-5-7-13-15(10)14-12(11)9(3)4/h5-10H,1-4H3;2*5-9H,1-4H3. The molecule has 6 aromatic heterocycles.